The number of hydrogen-bond donors (Lipinski definition) is 0. The zero-order valence-corrected chi connectivity index (χ0v) is 19.3. The molecule has 1 unspecified atom stereocenters. The van der Waals surface area contributed by atoms with E-state index in [4.69, 9.17) is 23.2 Å². The Bertz CT molecular complexity index is 356. The van der Waals surface area contributed by atoms with Gasteiger partial charge in [-0.1, -0.05) is 76.6 Å². The quantitative estimate of drug-likeness (QED) is 0.109. The van der Waals surface area contributed by atoms with Gasteiger partial charge < -0.3 is 4.48 Å². The Morgan fingerprint density at radius 2 is 0.963 bits per heavy atom. The minimum absolute atomic E-state index is 0.236. The fraction of sp³-hybridized carbons (Fsp3) is 1.00. The normalized spacial score (nSPS) is 16.3. The van der Waals surface area contributed by atoms with Gasteiger partial charge in [-0.3, -0.25) is 0 Å². The van der Waals surface area contributed by atoms with E-state index in [2.05, 4.69) is 27.7 Å². The van der Waals surface area contributed by atoms with E-state index in [1.54, 1.807) is 0 Å². The van der Waals surface area contributed by atoms with Crippen LogP contribution in [-0.4, -0.2) is 35.0 Å². The third kappa shape index (κ3) is 19.6. The summed E-state index contributed by atoms with van der Waals surface area (Å²) >= 11 is 12.8. The van der Waals surface area contributed by atoms with E-state index < -0.39 is 7.81 Å². The Hall–Kier alpha value is 0.550. The van der Waals surface area contributed by atoms with E-state index in [-0.39, 0.29) is 4.84 Å². The monoisotopic (exact) mass is 469 g/mol. The van der Waals surface area contributed by atoms with E-state index in [1.807, 2.05) is 0 Å². The molecule has 0 spiro atoms. The molecular weight excluding hydrogens is 434 g/mol. The molecule has 0 aliphatic carbocycles. The van der Waals surface area contributed by atoms with E-state index in [9.17, 15) is 25.2 Å². The first-order valence-corrected chi connectivity index (χ1v) is 12.6. The molecule has 0 N–H and O–H groups in total. The summed E-state index contributed by atoms with van der Waals surface area (Å²) in [6.45, 7) is 12.8. The van der Waals surface area contributed by atoms with Crippen LogP contribution in [0.1, 0.15) is 79.1 Å². The summed E-state index contributed by atoms with van der Waals surface area (Å²) in [5.74, 6) is 0. The van der Waals surface area contributed by atoms with Gasteiger partial charge in [0.2, 0.25) is 0 Å². The molecule has 1 nitrogen and oxygen atoms in total. The number of nitrogens with zero attached hydrogens (tertiary/aromatic N) is 1. The fourth-order valence-corrected chi connectivity index (χ4v) is 3.92. The third-order valence-corrected chi connectivity index (χ3v) is 5.03. The van der Waals surface area contributed by atoms with Gasteiger partial charge in [-0.25, -0.2) is 0 Å². The average molecular weight is 470 g/mol. The summed E-state index contributed by atoms with van der Waals surface area (Å²) < 4.78 is 60.3. The van der Waals surface area contributed by atoms with Crippen molar-refractivity contribution in [1.82, 2.24) is 0 Å². The van der Waals surface area contributed by atoms with Crippen LogP contribution in [0, 0.1) is 0 Å². The Kier molecular flexibility index (Phi) is 12.8. The number of halogens is 8. The molecular formula is C17H36Cl2F6NP. The van der Waals surface area contributed by atoms with Crippen LogP contribution in [-0.2, 0) is 0 Å². The molecule has 0 aliphatic heterocycles. The number of unbranched alkanes of at least 4 members (excludes halogenated alkanes) is 3. The predicted molar refractivity (Wildman–Crippen MR) is 107 cm³/mol. The molecule has 1 atom stereocenters. The van der Waals surface area contributed by atoms with Crippen molar-refractivity contribution in [3.8, 4) is 0 Å². The summed E-state index contributed by atoms with van der Waals surface area (Å²) in [4.78, 5) is -0.236. The Morgan fingerprint density at radius 3 is 1.15 bits per heavy atom. The first kappa shape index (κ1) is 29.7. The van der Waals surface area contributed by atoms with Crippen molar-refractivity contribution >= 4 is 31.0 Å². The molecule has 0 aliphatic rings. The first-order chi connectivity index (χ1) is 12.0. The standard InChI is InChI=1S/C17H36Cl2N.F6P/c1-5-9-13-20(14-10-6-2,15-11-7-3)16(12-8-4)17(18)19;1-7(2,3,4,5)6/h16-17H,5-15H2,1-4H3;/q+1;-1. The molecule has 0 bridgehead atoms. The van der Waals surface area contributed by atoms with Crippen LogP contribution in [0.25, 0.3) is 0 Å². The second-order valence-electron chi connectivity index (χ2n) is 7.10. The number of quaternary nitrogens is 1. The molecule has 0 aromatic heterocycles. The van der Waals surface area contributed by atoms with Gasteiger partial charge in [0.1, 0.15) is 6.04 Å². The van der Waals surface area contributed by atoms with Crippen LogP contribution in [0.2, 0.25) is 0 Å². The van der Waals surface area contributed by atoms with Gasteiger partial charge in [-0.15, -0.1) is 0 Å². The van der Waals surface area contributed by atoms with E-state index >= 15 is 0 Å². The second-order valence-corrected chi connectivity index (χ2v) is 10.2. The molecule has 0 fully saturated rings. The first-order valence-electron chi connectivity index (χ1n) is 9.73. The van der Waals surface area contributed by atoms with Crippen LogP contribution in [0.15, 0.2) is 0 Å². The van der Waals surface area contributed by atoms with Crippen LogP contribution >= 0.6 is 31.0 Å². The van der Waals surface area contributed by atoms with Gasteiger partial charge >= 0.3 is 33.0 Å². The molecule has 170 valence electrons. The summed E-state index contributed by atoms with van der Waals surface area (Å²) in [7, 11) is -10.7. The zero-order valence-electron chi connectivity index (χ0n) is 16.9. The Balaban J connectivity index is 0. The van der Waals surface area contributed by atoms with Gasteiger partial charge in [-0.2, -0.15) is 0 Å². The van der Waals surface area contributed by atoms with Crippen LogP contribution in [0.4, 0.5) is 25.2 Å². The second kappa shape index (κ2) is 11.7. The van der Waals surface area contributed by atoms with E-state index in [0.717, 1.165) is 10.9 Å². The zero-order chi connectivity index (χ0) is 21.8. The van der Waals surface area contributed by atoms with E-state index in [0.29, 0.717) is 6.04 Å². The van der Waals surface area contributed by atoms with Gasteiger partial charge in [0.05, 0.1) is 19.6 Å². The third-order valence-electron chi connectivity index (χ3n) is 4.45. The molecule has 0 saturated heterocycles. The van der Waals surface area contributed by atoms with Crippen LogP contribution < -0.4 is 0 Å². The van der Waals surface area contributed by atoms with Crippen molar-refractivity contribution in [2.45, 2.75) is 89.9 Å². The molecule has 0 amide bonds. The average Bonchev–Trinajstić information content (AvgIpc) is 2.49. The summed E-state index contributed by atoms with van der Waals surface area (Å²) in [5.41, 5.74) is 0. The number of alkyl halides is 2. The van der Waals surface area contributed by atoms with Crippen molar-refractivity contribution in [3.05, 3.63) is 0 Å². The van der Waals surface area contributed by atoms with Crippen molar-refractivity contribution in [2.24, 2.45) is 0 Å². The molecule has 0 radical (unpaired) electrons. The molecule has 0 aromatic carbocycles. The summed E-state index contributed by atoms with van der Waals surface area (Å²) in [6.07, 6.45) is 9.95. The van der Waals surface area contributed by atoms with Crippen molar-refractivity contribution in [2.75, 3.05) is 19.6 Å². The van der Waals surface area contributed by atoms with Crippen LogP contribution in [0.3, 0.4) is 0 Å². The molecule has 0 saturated carbocycles. The molecule has 0 aromatic rings. The van der Waals surface area contributed by atoms with Crippen molar-refractivity contribution in [3.63, 3.8) is 0 Å². The Labute approximate surface area is 170 Å². The van der Waals surface area contributed by atoms with E-state index in [1.165, 1.54) is 64.6 Å². The SMILES string of the molecule is CCCC[N+](CCCC)(CCCC)C(CCC)C(Cl)Cl.F[P-](F)(F)(F)(F)F. The van der Waals surface area contributed by atoms with Crippen molar-refractivity contribution < 1.29 is 29.7 Å². The van der Waals surface area contributed by atoms with Gasteiger partial charge in [0.25, 0.3) is 0 Å². The minimum atomic E-state index is -10.7. The molecule has 10 heteroatoms. The van der Waals surface area contributed by atoms with Gasteiger partial charge in [-0.05, 0) is 19.3 Å². The number of rotatable bonds is 13. The van der Waals surface area contributed by atoms with Crippen molar-refractivity contribution in [1.29, 1.82) is 0 Å². The fourth-order valence-electron chi connectivity index (χ4n) is 3.19. The molecule has 27 heavy (non-hydrogen) atoms. The van der Waals surface area contributed by atoms with Crippen LogP contribution in [0.5, 0.6) is 0 Å². The Morgan fingerprint density at radius 1 is 0.667 bits per heavy atom. The van der Waals surface area contributed by atoms with Gasteiger partial charge in [0, 0.05) is 6.42 Å². The molecule has 0 heterocycles. The summed E-state index contributed by atoms with van der Waals surface area (Å²) in [6, 6.07) is 0.410. The molecule has 0 rings (SSSR count). The summed E-state index contributed by atoms with van der Waals surface area (Å²) in [5, 5.41) is 0. The topological polar surface area (TPSA) is 0 Å². The maximum absolute atomic E-state index is 10.7. The predicted octanol–water partition coefficient (Wildman–Crippen LogP) is 9.56. The van der Waals surface area contributed by atoms with Gasteiger partial charge in [0.15, 0.2) is 4.84 Å². The number of hydrogen-bond acceptors (Lipinski definition) is 0. The maximum atomic E-state index is 9.87.